The van der Waals surface area contributed by atoms with E-state index in [1.807, 2.05) is 18.2 Å². The van der Waals surface area contributed by atoms with Gasteiger partial charge in [0, 0.05) is 18.2 Å². The summed E-state index contributed by atoms with van der Waals surface area (Å²) < 4.78 is 7.91. The van der Waals surface area contributed by atoms with Gasteiger partial charge in [-0.25, -0.2) is 0 Å². The number of methoxy groups -OCH3 is 1. The standard InChI is InChI=1S/C36H38N4O3S/c1-25-15-17-27(18-16-25)23-40-34(38-39-36(40)44-24-28-10-8-9-26(2)21-28)30(22-29-11-4-7-14-33(29)43-3)19-20-37-35(42)31-12-5-6-13-32(31)41/h4-18,21,30,41H,19-20,22-24H2,1-3H3,(H,37,42). The number of benzene rings is 4. The van der Waals surface area contributed by atoms with Crippen molar-refractivity contribution in [1.29, 1.82) is 0 Å². The number of hydrogen-bond acceptors (Lipinski definition) is 6. The summed E-state index contributed by atoms with van der Waals surface area (Å²) in [6.45, 7) is 5.22. The van der Waals surface area contributed by atoms with Crippen molar-refractivity contribution in [2.75, 3.05) is 13.7 Å². The molecule has 1 amide bonds. The third kappa shape index (κ3) is 7.88. The SMILES string of the molecule is COc1ccccc1CC(CCNC(=O)c1ccccc1O)c1nnc(SCc2cccc(C)c2)n1Cc1ccc(C)cc1. The maximum atomic E-state index is 12.9. The van der Waals surface area contributed by atoms with Crippen molar-refractivity contribution in [3.05, 3.63) is 136 Å². The van der Waals surface area contributed by atoms with Gasteiger partial charge in [0.2, 0.25) is 0 Å². The predicted octanol–water partition coefficient (Wildman–Crippen LogP) is 7.10. The largest absolute Gasteiger partial charge is 0.507 e. The van der Waals surface area contributed by atoms with Gasteiger partial charge in [0.05, 0.1) is 19.2 Å². The normalized spacial score (nSPS) is 11.7. The molecule has 7 nitrogen and oxygen atoms in total. The molecule has 4 aromatic carbocycles. The summed E-state index contributed by atoms with van der Waals surface area (Å²) in [4.78, 5) is 12.9. The van der Waals surface area contributed by atoms with Gasteiger partial charge in [0.25, 0.3) is 5.91 Å². The van der Waals surface area contributed by atoms with Crippen LogP contribution in [0.1, 0.15) is 56.3 Å². The number of aryl methyl sites for hydroxylation is 2. The van der Waals surface area contributed by atoms with E-state index in [-0.39, 0.29) is 23.1 Å². The van der Waals surface area contributed by atoms with Gasteiger partial charge in [-0.15, -0.1) is 10.2 Å². The zero-order chi connectivity index (χ0) is 30.9. The minimum atomic E-state index is -0.310. The van der Waals surface area contributed by atoms with E-state index >= 15 is 0 Å². The van der Waals surface area contributed by atoms with E-state index in [2.05, 4.69) is 78.3 Å². The van der Waals surface area contributed by atoms with Gasteiger partial charge >= 0.3 is 0 Å². The third-order valence-electron chi connectivity index (χ3n) is 7.61. The molecule has 1 atom stereocenters. The highest BCUT2D eigenvalue weighted by Gasteiger charge is 2.24. The van der Waals surface area contributed by atoms with E-state index in [9.17, 15) is 9.90 Å². The zero-order valence-corrected chi connectivity index (χ0v) is 26.2. The Kier molecular flexibility index (Phi) is 10.4. The number of phenols is 1. The lowest BCUT2D eigenvalue weighted by molar-refractivity contribution is 0.0949. The van der Waals surface area contributed by atoms with Crippen LogP contribution in [0.3, 0.4) is 0 Å². The summed E-state index contributed by atoms with van der Waals surface area (Å²) >= 11 is 1.68. The van der Waals surface area contributed by atoms with Gasteiger partial charge in [0.15, 0.2) is 5.16 Å². The molecule has 2 N–H and O–H groups in total. The highest BCUT2D eigenvalue weighted by Crippen LogP contribution is 2.32. The maximum Gasteiger partial charge on any atom is 0.255 e. The Bertz CT molecular complexity index is 1700. The number of amides is 1. The Labute approximate surface area is 263 Å². The van der Waals surface area contributed by atoms with Crippen LogP contribution in [0.2, 0.25) is 0 Å². The molecule has 226 valence electrons. The fraction of sp³-hybridized carbons (Fsp3) is 0.250. The lowest BCUT2D eigenvalue weighted by Crippen LogP contribution is -2.27. The molecule has 5 rings (SSSR count). The molecular weight excluding hydrogens is 568 g/mol. The van der Waals surface area contributed by atoms with Crippen LogP contribution in [0.4, 0.5) is 0 Å². The Balaban J connectivity index is 1.45. The number of ether oxygens (including phenoxy) is 1. The summed E-state index contributed by atoms with van der Waals surface area (Å²) in [6, 6.07) is 31.7. The van der Waals surface area contributed by atoms with E-state index in [4.69, 9.17) is 14.9 Å². The van der Waals surface area contributed by atoms with Crippen LogP contribution in [-0.2, 0) is 18.7 Å². The number of hydrogen-bond donors (Lipinski definition) is 2. The summed E-state index contributed by atoms with van der Waals surface area (Å²) in [7, 11) is 1.68. The van der Waals surface area contributed by atoms with Crippen molar-refractivity contribution in [2.24, 2.45) is 0 Å². The molecule has 0 spiro atoms. The van der Waals surface area contributed by atoms with Gasteiger partial charge in [-0.1, -0.05) is 102 Å². The summed E-state index contributed by atoms with van der Waals surface area (Å²) in [5.41, 5.74) is 6.16. The number of rotatable bonds is 13. The number of para-hydroxylation sites is 2. The van der Waals surface area contributed by atoms with E-state index in [1.165, 1.54) is 22.8 Å². The lowest BCUT2D eigenvalue weighted by Gasteiger charge is -2.20. The van der Waals surface area contributed by atoms with Crippen molar-refractivity contribution in [3.63, 3.8) is 0 Å². The molecule has 44 heavy (non-hydrogen) atoms. The third-order valence-corrected chi connectivity index (χ3v) is 8.65. The first-order valence-corrected chi connectivity index (χ1v) is 15.7. The number of nitrogens with zero attached hydrogens (tertiary/aromatic N) is 3. The van der Waals surface area contributed by atoms with Crippen LogP contribution in [-0.4, -0.2) is 39.4 Å². The van der Waals surface area contributed by atoms with Gasteiger partial charge in [-0.05, 0) is 61.6 Å². The lowest BCUT2D eigenvalue weighted by atomic mass is 9.94. The van der Waals surface area contributed by atoms with E-state index in [0.717, 1.165) is 33.6 Å². The number of carbonyl (C=O) groups is 1. The highest BCUT2D eigenvalue weighted by atomic mass is 32.2. The van der Waals surface area contributed by atoms with Crippen LogP contribution >= 0.6 is 11.8 Å². The number of aromatic nitrogens is 3. The molecule has 0 radical (unpaired) electrons. The molecule has 0 fully saturated rings. The molecule has 1 heterocycles. The molecule has 5 aromatic rings. The highest BCUT2D eigenvalue weighted by molar-refractivity contribution is 7.98. The first kappa shape index (κ1) is 30.9. The zero-order valence-electron chi connectivity index (χ0n) is 25.4. The number of thioether (sulfide) groups is 1. The Hall–Kier alpha value is -4.56. The average molecular weight is 607 g/mol. The second-order valence-electron chi connectivity index (χ2n) is 11.0. The predicted molar refractivity (Wildman–Crippen MR) is 176 cm³/mol. The van der Waals surface area contributed by atoms with Crippen molar-refractivity contribution in [1.82, 2.24) is 20.1 Å². The van der Waals surface area contributed by atoms with E-state index < -0.39 is 0 Å². The molecule has 0 saturated carbocycles. The van der Waals surface area contributed by atoms with Gasteiger partial charge in [-0.2, -0.15) is 0 Å². The van der Waals surface area contributed by atoms with Crippen LogP contribution in [0.15, 0.2) is 102 Å². The second-order valence-corrected chi connectivity index (χ2v) is 11.9. The number of phenolic OH excluding ortho intramolecular Hbond substituents is 1. The van der Waals surface area contributed by atoms with Crippen molar-refractivity contribution < 1.29 is 14.6 Å². The van der Waals surface area contributed by atoms with E-state index in [0.29, 0.717) is 25.9 Å². The Morgan fingerprint density at radius 2 is 1.68 bits per heavy atom. The van der Waals surface area contributed by atoms with Crippen LogP contribution in [0.5, 0.6) is 11.5 Å². The first-order valence-electron chi connectivity index (χ1n) is 14.8. The van der Waals surface area contributed by atoms with Crippen molar-refractivity contribution in [3.8, 4) is 11.5 Å². The van der Waals surface area contributed by atoms with Gasteiger partial charge < -0.3 is 19.7 Å². The molecule has 1 aromatic heterocycles. The summed E-state index contributed by atoms with van der Waals surface area (Å²) in [5.74, 6) is 2.04. The van der Waals surface area contributed by atoms with E-state index in [1.54, 1.807) is 37.1 Å². The van der Waals surface area contributed by atoms with Gasteiger partial charge in [0.1, 0.15) is 17.3 Å². The Morgan fingerprint density at radius 1 is 0.909 bits per heavy atom. The number of carbonyl (C=O) groups excluding carboxylic acids is 1. The minimum absolute atomic E-state index is 0.0383. The van der Waals surface area contributed by atoms with Gasteiger partial charge in [-0.3, -0.25) is 4.79 Å². The average Bonchev–Trinajstić information content (AvgIpc) is 3.43. The molecule has 0 aliphatic rings. The fourth-order valence-electron chi connectivity index (χ4n) is 5.26. The first-order chi connectivity index (χ1) is 21.4. The molecule has 0 saturated heterocycles. The van der Waals surface area contributed by atoms with Crippen molar-refractivity contribution in [2.45, 2.75) is 50.1 Å². The monoisotopic (exact) mass is 606 g/mol. The number of nitrogens with one attached hydrogen (secondary N) is 1. The summed E-state index contributed by atoms with van der Waals surface area (Å²) in [5, 5.41) is 23.5. The second kappa shape index (κ2) is 14.8. The van der Waals surface area contributed by atoms with Crippen LogP contribution in [0.25, 0.3) is 0 Å². The molecular formula is C36H38N4O3S. The van der Waals surface area contributed by atoms with Crippen molar-refractivity contribution >= 4 is 17.7 Å². The van der Waals surface area contributed by atoms with Crippen LogP contribution < -0.4 is 10.1 Å². The van der Waals surface area contributed by atoms with Crippen LogP contribution in [0, 0.1) is 13.8 Å². The maximum absolute atomic E-state index is 12.9. The quantitative estimate of drug-likeness (QED) is 0.139. The summed E-state index contributed by atoms with van der Waals surface area (Å²) in [6.07, 6.45) is 1.27. The smallest absolute Gasteiger partial charge is 0.255 e. The molecule has 1 unspecified atom stereocenters. The minimum Gasteiger partial charge on any atom is -0.507 e. The molecule has 0 aliphatic carbocycles. The Morgan fingerprint density at radius 3 is 2.45 bits per heavy atom. The topological polar surface area (TPSA) is 89.3 Å². The number of aromatic hydroxyl groups is 1. The molecule has 0 aliphatic heterocycles. The molecule has 8 heteroatoms. The fourth-order valence-corrected chi connectivity index (χ4v) is 6.15. The molecule has 0 bridgehead atoms.